The smallest absolute Gasteiger partial charge is 0.210 e. The van der Waals surface area contributed by atoms with Crippen LogP contribution in [0.4, 0.5) is 0 Å². The zero-order valence-electron chi connectivity index (χ0n) is 14.9. The summed E-state index contributed by atoms with van der Waals surface area (Å²) in [5.74, 6) is 0. The summed E-state index contributed by atoms with van der Waals surface area (Å²) in [6, 6.07) is 12.6. The van der Waals surface area contributed by atoms with Gasteiger partial charge in [-0.1, -0.05) is 30.7 Å². The number of hydrogen-bond acceptors (Lipinski definition) is 6. The van der Waals surface area contributed by atoms with Crippen molar-refractivity contribution in [2.45, 2.75) is 30.1 Å². The molecule has 27 heavy (non-hydrogen) atoms. The molecule has 4 rings (SSSR count). The van der Waals surface area contributed by atoms with Crippen LogP contribution in [0.2, 0.25) is 0 Å². The van der Waals surface area contributed by atoms with E-state index in [1.807, 2.05) is 44.2 Å². The second kappa shape index (κ2) is 6.55. The Hall–Kier alpha value is -3.13. The molecule has 0 bridgehead atoms. The van der Waals surface area contributed by atoms with E-state index in [1.54, 1.807) is 12.1 Å². The van der Waals surface area contributed by atoms with Gasteiger partial charge in [-0.05, 0) is 53.6 Å². The molecule has 0 saturated carbocycles. The van der Waals surface area contributed by atoms with Crippen molar-refractivity contribution in [3.8, 4) is 5.69 Å². The number of hydrogen-bond donors (Lipinski definition) is 0. The van der Waals surface area contributed by atoms with Gasteiger partial charge >= 0.3 is 0 Å². The molecule has 0 unspecified atom stereocenters. The van der Waals surface area contributed by atoms with Crippen molar-refractivity contribution in [2.24, 2.45) is 0 Å². The van der Waals surface area contributed by atoms with Crippen molar-refractivity contribution in [3.63, 3.8) is 0 Å². The van der Waals surface area contributed by atoms with E-state index in [0.29, 0.717) is 16.6 Å². The Morgan fingerprint density at radius 3 is 2.52 bits per heavy atom. The maximum Gasteiger partial charge on any atom is 0.210 e. The quantitative estimate of drug-likeness (QED) is 0.541. The molecule has 2 aromatic carbocycles. The van der Waals surface area contributed by atoms with Gasteiger partial charge in [0.1, 0.15) is 11.2 Å². The van der Waals surface area contributed by atoms with E-state index in [9.17, 15) is 8.42 Å². The van der Waals surface area contributed by atoms with Crippen LogP contribution in [-0.2, 0) is 16.3 Å². The van der Waals surface area contributed by atoms with E-state index in [-0.39, 0.29) is 9.79 Å². The fraction of sp³-hybridized carbons (Fsp3) is 0.158. The first-order chi connectivity index (χ1) is 13.0. The predicted octanol–water partition coefficient (Wildman–Crippen LogP) is 2.91. The second-order valence-electron chi connectivity index (χ2n) is 6.25. The van der Waals surface area contributed by atoms with E-state index < -0.39 is 9.84 Å². The van der Waals surface area contributed by atoms with Crippen molar-refractivity contribution in [2.75, 3.05) is 0 Å². The number of sulfone groups is 1. The van der Waals surface area contributed by atoms with Gasteiger partial charge in [0.05, 0.1) is 16.1 Å². The number of pyridine rings is 1. The first-order valence-corrected chi connectivity index (χ1v) is 9.96. The largest absolute Gasteiger partial charge is 0.255 e. The van der Waals surface area contributed by atoms with Gasteiger partial charge in [-0.15, -0.1) is 5.10 Å². The first-order valence-electron chi connectivity index (χ1n) is 8.47. The van der Waals surface area contributed by atoms with E-state index in [0.717, 1.165) is 17.5 Å². The molecule has 0 atom stereocenters. The minimum atomic E-state index is -3.80. The van der Waals surface area contributed by atoms with Crippen molar-refractivity contribution >= 4 is 20.7 Å². The normalized spacial score (nSPS) is 11.8. The molecular weight excluding hydrogens is 362 g/mol. The molecule has 0 aliphatic rings. The van der Waals surface area contributed by atoms with E-state index >= 15 is 0 Å². The first kappa shape index (κ1) is 17.3. The molecule has 0 fully saturated rings. The summed E-state index contributed by atoms with van der Waals surface area (Å²) in [6.07, 6.45) is 3.60. The summed E-state index contributed by atoms with van der Waals surface area (Å²) >= 11 is 0. The average molecular weight is 379 g/mol. The molecule has 0 aliphatic heterocycles. The Morgan fingerprint density at radius 2 is 1.85 bits per heavy atom. The van der Waals surface area contributed by atoms with Gasteiger partial charge in [-0.2, -0.15) is 4.68 Å². The molecule has 0 N–H and O–H groups in total. The molecule has 2 aromatic heterocycles. The molecule has 8 heteroatoms. The third-order valence-corrected chi connectivity index (χ3v) is 6.24. The van der Waals surface area contributed by atoms with Crippen LogP contribution in [0, 0.1) is 6.92 Å². The lowest BCUT2D eigenvalue weighted by Crippen LogP contribution is -2.10. The maximum absolute atomic E-state index is 13.4. The maximum atomic E-state index is 13.4. The SMILES string of the molecule is CCc1ccc(S(=O)(=O)c2cnc3ccc(C)cc3c2-n2cnnn2)cc1. The standard InChI is InChI=1S/C19H17N5O2S/c1-3-14-5-7-15(8-6-14)27(25,26)18-11-20-17-9-4-13(2)10-16(17)19(18)24-12-21-22-23-24/h4-12H,3H2,1-2H3. The molecule has 0 saturated heterocycles. The third-order valence-electron chi connectivity index (χ3n) is 4.47. The summed E-state index contributed by atoms with van der Waals surface area (Å²) < 4.78 is 28.1. The van der Waals surface area contributed by atoms with Gasteiger partial charge in [0.2, 0.25) is 9.84 Å². The van der Waals surface area contributed by atoms with Crippen LogP contribution in [0.3, 0.4) is 0 Å². The Balaban J connectivity index is 2.02. The van der Waals surface area contributed by atoms with Gasteiger partial charge in [-0.25, -0.2) is 8.42 Å². The molecule has 4 aromatic rings. The fourth-order valence-corrected chi connectivity index (χ4v) is 4.40. The van der Waals surface area contributed by atoms with Crippen LogP contribution in [0.5, 0.6) is 0 Å². The number of rotatable bonds is 4. The summed E-state index contributed by atoms with van der Waals surface area (Å²) in [6.45, 7) is 3.96. The highest BCUT2D eigenvalue weighted by molar-refractivity contribution is 7.91. The Bertz CT molecular complexity index is 1220. The molecule has 136 valence electrons. The number of aromatic nitrogens is 5. The fourth-order valence-electron chi connectivity index (χ4n) is 3.00. The van der Waals surface area contributed by atoms with Crippen molar-refractivity contribution < 1.29 is 8.42 Å². The molecule has 0 radical (unpaired) electrons. The summed E-state index contributed by atoms with van der Waals surface area (Å²) in [5, 5.41) is 11.9. The number of aryl methyl sites for hydroxylation is 2. The number of benzene rings is 2. The van der Waals surface area contributed by atoms with E-state index in [2.05, 4.69) is 20.5 Å². The molecule has 7 nitrogen and oxygen atoms in total. The number of nitrogens with zero attached hydrogens (tertiary/aromatic N) is 5. The van der Waals surface area contributed by atoms with Crippen LogP contribution in [0.15, 0.2) is 64.8 Å². The summed E-state index contributed by atoms with van der Waals surface area (Å²) in [7, 11) is -3.80. The van der Waals surface area contributed by atoms with Gasteiger partial charge in [0.15, 0.2) is 0 Å². The predicted molar refractivity (Wildman–Crippen MR) is 100 cm³/mol. The van der Waals surface area contributed by atoms with Gasteiger partial charge in [-0.3, -0.25) is 4.98 Å². The van der Waals surface area contributed by atoms with Gasteiger partial charge in [0, 0.05) is 11.6 Å². The van der Waals surface area contributed by atoms with Crippen LogP contribution in [0.1, 0.15) is 18.1 Å². The number of fused-ring (bicyclic) bond motifs is 1. The van der Waals surface area contributed by atoms with E-state index in [4.69, 9.17) is 0 Å². The summed E-state index contributed by atoms with van der Waals surface area (Å²) in [5.41, 5.74) is 3.13. The molecule has 0 amide bonds. The van der Waals surface area contributed by atoms with Gasteiger partial charge < -0.3 is 0 Å². The van der Waals surface area contributed by atoms with Crippen molar-refractivity contribution in [3.05, 3.63) is 66.1 Å². The van der Waals surface area contributed by atoms with Crippen LogP contribution < -0.4 is 0 Å². The topological polar surface area (TPSA) is 90.6 Å². The zero-order valence-corrected chi connectivity index (χ0v) is 15.7. The second-order valence-corrected chi connectivity index (χ2v) is 8.17. The Labute approximate surface area is 156 Å². The molecule has 0 spiro atoms. The highest BCUT2D eigenvalue weighted by Gasteiger charge is 2.25. The van der Waals surface area contributed by atoms with Gasteiger partial charge in [0.25, 0.3) is 0 Å². The monoisotopic (exact) mass is 379 g/mol. The highest BCUT2D eigenvalue weighted by atomic mass is 32.2. The highest BCUT2D eigenvalue weighted by Crippen LogP contribution is 2.31. The minimum Gasteiger partial charge on any atom is -0.255 e. The lowest BCUT2D eigenvalue weighted by molar-refractivity contribution is 0.594. The number of tetrazole rings is 1. The lowest BCUT2D eigenvalue weighted by atomic mass is 10.1. The average Bonchev–Trinajstić information content (AvgIpc) is 3.21. The Kier molecular flexibility index (Phi) is 4.19. The lowest BCUT2D eigenvalue weighted by Gasteiger charge is -2.13. The van der Waals surface area contributed by atoms with Crippen LogP contribution in [0.25, 0.3) is 16.6 Å². The van der Waals surface area contributed by atoms with E-state index in [1.165, 1.54) is 17.2 Å². The molecule has 0 aliphatic carbocycles. The minimum absolute atomic E-state index is 0.0668. The van der Waals surface area contributed by atoms with Crippen molar-refractivity contribution in [1.29, 1.82) is 0 Å². The molecular formula is C19H17N5O2S. The summed E-state index contributed by atoms with van der Waals surface area (Å²) in [4.78, 5) is 4.63. The van der Waals surface area contributed by atoms with Crippen LogP contribution in [-0.4, -0.2) is 33.6 Å². The zero-order chi connectivity index (χ0) is 19.0. The van der Waals surface area contributed by atoms with Crippen molar-refractivity contribution in [1.82, 2.24) is 25.2 Å². The Morgan fingerprint density at radius 1 is 1.07 bits per heavy atom. The van der Waals surface area contributed by atoms with Crippen LogP contribution >= 0.6 is 0 Å². The molecule has 2 heterocycles. The third kappa shape index (κ3) is 2.97.